The third kappa shape index (κ3) is 6.01. The van der Waals surface area contributed by atoms with Crippen LogP contribution >= 0.6 is 0 Å². The summed E-state index contributed by atoms with van der Waals surface area (Å²) in [7, 11) is -1.13. The van der Waals surface area contributed by atoms with E-state index in [-0.39, 0.29) is 21.9 Å². The van der Waals surface area contributed by atoms with Crippen LogP contribution in [-0.2, 0) is 15.6 Å². The van der Waals surface area contributed by atoms with E-state index in [0.717, 1.165) is 25.3 Å². The summed E-state index contributed by atoms with van der Waals surface area (Å²) in [4.78, 5) is 6.13. The Morgan fingerprint density at radius 2 is 1.82 bits per heavy atom. The Morgan fingerprint density at radius 3 is 2.42 bits per heavy atom. The van der Waals surface area contributed by atoms with E-state index in [1.165, 1.54) is 34.8 Å². The number of hydrogen-bond acceptors (Lipinski definition) is 3. The lowest BCUT2D eigenvalue weighted by molar-refractivity contribution is 0.223. The minimum Gasteiger partial charge on any atom is -0.461 e. The highest BCUT2D eigenvalue weighted by atomic mass is 28.3. The highest BCUT2D eigenvalue weighted by Crippen LogP contribution is 2.52. The van der Waals surface area contributed by atoms with Crippen molar-refractivity contribution in [2.75, 3.05) is 18.0 Å². The van der Waals surface area contributed by atoms with E-state index in [4.69, 9.17) is 11.3 Å². The molecule has 3 heterocycles. The van der Waals surface area contributed by atoms with Crippen LogP contribution in [0, 0.1) is 29.2 Å². The Bertz CT molecular complexity index is 1380. The van der Waals surface area contributed by atoms with Gasteiger partial charge in [-0.15, -0.1) is 0 Å². The third-order valence-corrected chi connectivity index (χ3v) is 10.9. The van der Waals surface area contributed by atoms with Gasteiger partial charge in [0.05, 0.1) is 12.6 Å². The second-order valence-electron chi connectivity index (χ2n) is 15.3. The first kappa shape index (κ1) is 29.9. The van der Waals surface area contributed by atoms with Crippen molar-refractivity contribution in [1.82, 2.24) is 0 Å². The lowest BCUT2D eigenvalue weighted by Gasteiger charge is -2.52. The van der Waals surface area contributed by atoms with E-state index in [0.29, 0.717) is 17.3 Å². The molecule has 1 atom stereocenters. The van der Waals surface area contributed by atoms with Crippen LogP contribution in [-0.4, -0.2) is 21.2 Å². The van der Waals surface area contributed by atoms with Gasteiger partial charge in [0.15, 0.2) is 0 Å². The molecule has 0 spiro atoms. The second-order valence-corrected chi connectivity index (χ2v) is 21.0. The molecule has 212 valence electrons. The summed E-state index contributed by atoms with van der Waals surface area (Å²) in [5.41, 5.74) is 6.21. The van der Waals surface area contributed by atoms with Crippen molar-refractivity contribution in [2.24, 2.45) is 11.3 Å². The summed E-state index contributed by atoms with van der Waals surface area (Å²) in [6.07, 6.45) is 10.2. The fourth-order valence-electron chi connectivity index (χ4n) is 6.16. The highest BCUT2D eigenvalue weighted by Gasteiger charge is 2.44. The Labute approximate surface area is 243 Å². The van der Waals surface area contributed by atoms with E-state index >= 15 is 0 Å². The molecule has 0 aliphatic carbocycles. The molecular weight excluding hydrogens is 506 g/mol. The summed E-state index contributed by atoms with van der Waals surface area (Å²) in [5.74, 6) is 2.04. The molecule has 0 amide bonds. The maximum atomic E-state index is 9.52. The first-order valence-electron chi connectivity index (χ1n) is 14.7. The van der Waals surface area contributed by atoms with Gasteiger partial charge in [0.25, 0.3) is 5.70 Å². The number of hydrogen-bond donors (Lipinski definition) is 0. The van der Waals surface area contributed by atoms with Crippen molar-refractivity contribution >= 4 is 19.8 Å². The highest BCUT2D eigenvalue weighted by molar-refractivity contribution is 6.76. The van der Waals surface area contributed by atoms with Crippen LogP contribution in [0.2, 0.25) is 25.7 Å². The molecule has 1 aromatic carbocycles. The molecule has 0 saturated carbocycles. The number of nitrogens with zero attached hydrogens (tertiary/aromatic N) is 3. The van der Waals surface area contributed by atoms with Gasteiger partial charge in [0, 0.05) is 32.3 Å². The summed E-state index contributed by atoms with van der Waals surface area (Å²) in [5, 5.41) is 9.52. The van der Waals surface area contributed by atoms with Gasteiger partial charge < -0.3 is 9.64 Å². The number of benzene rings is 1. The fraction of sp³-hybridized carbons (Fsp3) is 0.543. The van der Waals surface area contributed by atoms with Crippen molar-refractivity contribution < 1.29 is 4.74 Å². The van der Waals surface area contributed by atoms with Crippen LogP contribution in [0.1, 0.15) is 78.0 Å². The quantitative estimate of drug-likeness (QED) is 0.207. The van der Waals surface area contributed by atoms with Gasteiger partial charge in [-0.25, -0.2) is 10.1 Å². The zero-order valence-electron chi connectivity index (χ0n) is 26.3. The largest absolute Gasteiger partial charge is 0.461 e. The predicted molar refractivity (Wildman–Crippen MR) is 171 cm³/mol. The Kier molecular flexibility index (Phi) is 7.80. The van der Waals surface area contributed by atoms with Crippen molar-refractivity contribution in [1.29, 1.82) is 5.26 Å². The van der Waals surface area contributed by atoms with Crippen molar-refractivity contribution in [3.8, 4) is 6.07 Å². The molecular formula is C35H47N3OSi. The molecule has 0 bridgehead atoms. The average Bonchev–Trinajstić information content (AvgIpc) is 2.85. The Hall–Kier alpha value is -3.02. The molecule has 1 aromatic rings. The first-order chi connectivity index (χ1) is 18.5. The summed E-state index contributed by atoms with van der Waals surface area (Å²) < 4.78 is 6.29. The summed E-state index contributed by atoms with van der Waals surface area (Å²) in [6.45, 7) is 33.1. The molecule has 0 fully saturated rings. The first-order valence-corrected chi connectivity index (χ1v) is 18.4. The minimum atomic E-state index is -1.13. The number of nitriles is 1. The number of ether oxygens (including phenoxy) is 1. The predicted octanol–water partition coefficient (Wildman–Crippen LogP) is 9.36. The molecule has 3 aliphatic rings. The SMILES string of the molecule is [C-]#[N+]/C(C#N)=C1C=C(/C=C/c2cc3c4c(c2)C(C)(C)C(CC[Si](C)(C)C)CN4CCC3(C)C)OC(C(C)(C)C)=C\1. The molecule has 5 heteroatoms. The number of anilines is 1. The van der Waals surface area contributed by atoms with Gasteiger partial charge in [-0.3, -0.25) is 0 Å². The van der Waals surface area contributed by atoms with Crippen LogP contribution in [0.4, 0.5) is 5.69 Å². The van der Waals surface area contributed by atoms with Crippen molar-refractivity contribution in [3.63, 3.8) is 0 Å². The van der Waals surface area contributed by atoms with E-state index in [2.05, 4.69) is 96.1 Å². The fourth-order valence-corrected chi connectivity index (χ4v) is 7.38. The molecule has 0 saturated heterocycles. The maximum absolute atomic E-state index is 9.52. The second kappa shape index (κ2) is 10.4. The monoisotopic (exact) mass is 553 g/mol. The summed E-state index contributed by atoms with van der Waals surface area (Å²) >= 11 is 0. The lowest BCUT2D eigenvalue weighted by Crippen LogP contribution is -2.50. The molecule has 4 rings (SSSR count). The molecule has 0 radical (unpaired) electrons. The van der Waals surface area contributed by atoms with Crippen molar-refractivity contribution in [2.45, 2.75) is 97.8 Å². The summed E-state index contributed by atoms with van der Waals surface area (Å²) in [6, 6.07) is 8.19. The van der Waals surface area contributed by atoms with E-state index in [9.17, 15) is 5.26 Å². The van der Waals surface area contributed by atoms with Gasteiger partial charge in [-0.2, -0.15) is 0 Å². The van der Waals surface area contributed by atoms with Crippen LogP contribution in [0.5, 0.6) is 0 Å². The number of allylic oxidation sites excluding steroid dienone is 6. The third-order valence-electron chi connectivity index (χ3n) is 9.07. The molecule has 4 nitrogen and oxygen atoms in total. The Balaban J connectivity index is 1.78. The maximum Gasteiger partial charge on any atom is 0.269 e. The average molecular weight is 554 g/mol. The van der Waals surface area contributed by atoms with Crippen LogP contribution < -0.4 is 4.90 Å². The van der Waals surface area contributed by atoms with E-state index < -0.39 is 8.07 Å². The standard InChI is InChI=1S/C35H47N3OSi/c1-33(2,3)31-21-25(30(22-36)37-8)20-27(39-31)13-12-24-18-28-32-29(19-24)35(6,7)26(14-17-40(9,10)11)23-38(32)16-15-34(28,4)5/h12-13,18-21,26H,14-17,23H2,1-7,9-11H3/b13-12+,30-25+. The molecule has 0 aromatic heterocycles. The van der Waals surface area contributed by atoms with Gasteiger partial charge in [-0.05, 0) is 75.8 Å². The van der Waals surface area contributed by atoms with Gasteiger partial charge in [0.1, 0.15) is 11.5 Å². The molecule has 40 heavy (non-hydrogen) atoms. The minimum absolute atomic E-state index is 0.0853. The van der Waals surface area contributed by atoms with E-state index in [1.54, 1.807) is 0 Å². The topological polar surface area (TPSA) is 40.6 Å². The Morgan fingerprint density at radius 1 is 1.15 bits per heavy atom. The smallest absolute Gasteiger partial charge is 0.269 e. The molecule has 0 N–H and O–H groups in total. The zero-order valence-corrected chi connectivity index (χ0v) is 27.3. The normalized spacial score (nSPS) is 22.9. The van der Waals surface area contributed by atoms with Gasteiger partial charge in [0.2, 0.25) is 0 Å². The van der Waals surface area contributed by atoms with Crippen LogP contribution in [0.15, 0.2) is 53.1 Å². The molecule has 3 aliphatic heterocycles. The number of rotatable bonds is 5. The zero-order chi connectivity index (χ0) is 29.7. The van der Waals surface area contributed by atoms with Gasteiger partial charge >= 0.3 is 0 Å². The van der Waals surface area contributed by atoms with Crippen LogP contribution in [0.25, 0.3) is 10.9 Å². The van der Waals surface area contributed by atoms with Gasteiger partial charge in [-0.1, -0.05) is 86.6 Å². The lowest BCUT2D eigenvalue weighted by atomic mass is 9.64. The van der Waals surface area contributed by atoms with Crippen molar-refractivity contribution in [3.05, 3.63) is 81.3 Å². The van der Waals surface area contributed by atoms with E-state index in [1.807, 2.05) is 24.3 Å². The molecule has 1 unspecified atom stereocenters. The van der Waals surface area contributed by atoms with Crippen LogP contribution in [0.3, 0.4) is 0 Å².